The molecule has 0 radical (unpaired) electrons. The van der Waals surface area contributed by atoms with Crippen LogP contribution < -0.4 is 0 Å². The smallest absolute Gasteiger partial charge is 0.176 e. The third-order valence-electron chi connectivity index (χ3n) is 7.18. The second-order valence-corrected chi connectivity index (χ2v) is 10.4. The molecular formula is C33H42N10OOs. The monoisotopic (exact) mass is 786 g/mol. The van der Waals surface area contributed by atoms with E-state index >= 15 is 0 Å². The van der Waals surface area contributed by atoms with Crippen molar-refractivity contribution in [3.63, 3.8) is 0 Å². The van der Waals surface area contributed by atoms with Crippen molar-refractivity contribution >= 4 is 0 Å². The number of methoxy groups -OCH3 is 1. The fourth-order valence-corrected chi connectivity index (χ4v) is 4.77. The number of ether oxygens (including phenoxy) is 1. The van der Waals surface area contributed by atoms with Crippen LogP contribution >= 0.6 is 0 Å². The molecule has 0 aliphatic rings. The summed E-state index contributed by atoms with van der Waals surface area (Å²) in [5.41, 5.74) is 3.21. The largest absolute Gasteiger partial charge is 0.385 e. The van der Waals surface area contributed by atoms with Crippen LogP contribution in [0.1, 0.15) is 37.7 Å². The van der Waals surface area contributed by atoms with Gasteiger partial charge in [-0.15, -0.1) is 0 Å². The average molecular weight is 785 g/mol. The Hall–Kier alpha value is -4.26. The molecule has 0 aliphatic heterocycles. The quantitative estimate of drug-likeness (QED) is 0.185. The van der Waals surface area contributed by atoms with E-state index in [0.717, 1.165) is 47.7 Å². The molecule has 0 fully saturated rings. The summed E-state index contributed by atoms with van der Waals surface area (Å²) in [4.78, 5) is 25.6. The van der Waals surface area contributed by atoms with E-state index in [1.54, 1.807) is 38.1 Å². The summed E-state index contributed by atoms with van der Waals surface area (Å²) < 4.78 is 13.0. The molecule has 0 spiro atoms. The molecule has 238 valence electrons. The van der Waals surface area contributed by atoms with E-state index in [1.165, 1.54) is 18.4 Å². The summed E-state index contributed by atoms with van der Waals surface area (Å²) >= 11 is 0. The van der Waals surface area contributed by atoms with Crippen LogP contribution in [0.5, 0.6) is 0 Å². The summed E-state index contributed by atoms with van der Waals surface area (Å²) in [6.45, 7) is 3.02. The molecule has 0 aromatic carbocycles. The zero-order chi connectivity index (χ0) is 31.3. The molecule has 0 amide bonds. The van der Waals surface area contributed by atoms with Crippen LogP contribution in [0.4, 0.5) is 0 Å². The summed E-state index contributed by atoms with van der Waals surface area (Å²) in [5, 5.41) is 0. The van der Waals surface area contributed by atoms with Gasteiger partial charge in [-0.3, -0.25) is 9.97 Å². The normalized spacial score (nSPS) is 11.1. The first kappa shape index (κ1) is 35.2. The minimum Gasteiger partial charge on any atom is -0.385 e. The van der Waals surface area contributed by atoms with Gasteiger partial charge in [-0.1, -0.05) is 19.4 Å². The van der Waals surface area contributed by atoms with Gasteiger partial charge < -0.3 is 23.0 Å². The first-order valence-corrected chi connectivity index (χ1v) is 14.7. The summed E-state index contributed by atoms with van der Waals surface area (Å²) in [6, 6.07) is 10.2. The van der Waals surface area contributed by atoms with Crippen molar-refractivity contribution in [2.24, 2.45) is 28.2 Å². The number of hydrogen-bond acceptors (Lipinski definition) is 7. The molecule has 0 bridgehead atoms. The Morgan fingerprint density at radius 3 is 1.47 bits per heavy atom. The van der Waals surface area contributed by atoms with Crippen molar-refractivity contribution in [1.82, 2.24) is 48.2 Å². The van der Waals surface area contributed by atoms with Crippen molar-refractivity contribution in [2.45, 2.75) is 32.1 Å². The molecule has 0 aliphatic carbocycles. The predicted octanol–water partition coefficient (Wildman–Crippen LogP) is 5.70. The zero-order valence-electron chi connectivity index (χ0n) is 26.8. The van der Waals surface area contributed by atoms with Crippen molar-refractivity contribution in [1.29, 1.82) is 0 Å². The molecule has 0 N–H and O–H groups in total. The van der Waals surface area contributed by atoms with Gasteiger partial charge in [0.05, 0.1) is 11.4 Å². The Kier molecular flexibility index (Phi) is 14.0. The number of hydrogen-bond donors (Lipinski definition) is 0. The number of nitrogens with zero attached hydrogens (tertiary/aromatic N) is 10. The van der Waals surface area contributed by atoms with Gasteiger partial charge in [0.25, 0.3) is 0 Å². The number of pyridine rings is 2. The summed E-state index contributed by atoms with van der Waals surface area (Å²) in [7, 11) is 9.58. The molecule has 1 unspecified atom stereocenters. The summed E-state index contributed by atoms with van der Waals surface area (Å²) in [5.74, 6) is 4.10. The SMILES string of the molecule is CCCC(CCOC)c1ccnc(-c2ccccn2)c1.Cn1ccnc1-c1nccn1C.Cn1ccnc1-c1nccn1C.[Os]. The fourth-order valence-electron chi connectivity index (χ4n) is 4.77. The Morgan fingerprint density at radius 1 is 0.600 bits per heavy atom. The van der Waals surface area contributed by atoms with Gasteiger partial charge in [0.1, 0.15) is 0 Å². The molecule has 45 heavy (non-hydrogen) atoms. The molecule has 11 nitrogen and oxygen atoms in total. The number of imidazole rings is 4. The predicted molar refractivity (Wildman–Crippen MR) is 172 cm³/mol. The Labute approximate surface area is 278 Å². The molecule has 0 saturated carbocycles. The Balaban J connectivity index is 0.000000191. The molecule has 12 heteroatoms. The Bertz CT molecular complexity index is 1540. The van der Waals surface area contributed by atoms with E-state index in [2.05, 4.69) is 49.0 Å². The van der Waals surface area contributed by atoms with Crippen molar-refractivity contribution in [2.75, 3.05) is 13.7 Å². The minimum atomic E-state index is 0. The number of aryl methyl sites for hydroxylation is 4. The average Bonchev–Trinajstić information content (AvgIpc) is 3.86. The van der Waals surface area contributed by atoms with Gasteiger partial charge in [0, 0.05) is 124 Å². The Morgan fingerprint density at radius 2 is 1.09 bits per heavy atom. The van der Waals surface area contributed by atoms with Crippen LogP contribution in [0, 0.1) is 0 Å². The van der Waals surface area contributed by atoms with Crippen molar-refractivity contribution < 1.29 is 24.5 Å². The first-order valence-electron chi connectivity index (χ1n) is 14.7. The van der Waals surface area contributed by atoms with E-state index in [0.29, 0.717) is 5.92 Å². The molecular weight excluding hydrogens is 743 g/mol. The molecule has 6 aromatic heterocycles. The molecule has 1 atom stereocenters. The van der Waals surface area contributed by atoms with Crippen LogP contribution in [0.3, 0.4) is 0 Å². The van der Waals surface area contributed by atoms with Gasteiger partial charge in [-0.05, 0) is 48.6 Å². The standard InChI is InChI=1S/C17H22N2O.2C8H10N4.Os/c1-3-6-14(9-12-20-2)15-8-11-19-17(13-15)16-7-4-5-10-18-16;2*1-11-5-3-9-7(11)8-10-4-6-12(8)2;/h4-5,7-8,10-11,13-14H,3,6,9,12H2,1-2H3;2*3-6H,1-2H3;. The molecule has 6 heterocycles. The maximum atomic E-state index is 5.23. The van der Waals surface area contributed by atoms with E-state index < -0.39 is 0 Å². The fraction of sp³-hybridized carbons (Fsp3) is 0.333. The maximum Gasteiger partial charge on any atom is 0.176 e. The number of aromatic nitrogens is 10. The van der Waals surface area contributed by atoms with Crippen LogP contribution in [-0.4, -0.2) is 61.9 Å². The third kappa shape index (κ3) is 9.61. The van der Waals surface area contributed by atoms with Gasteiger partial charge in [0.2, 0.25) is 0 Å². The van der Waals surface area contributed by atoms with E-state index in [1.807, 2.05) is 95.6 Å². The molecule has 6 rings (SSSR count). The van der Waals surface area contributed by atoms with Crippen molar-refractivity contribution in [3.05, 3.63) is 97.9 Å². The second-order valence-electron chi connectivity index (χ2n) is 10.4. The van der Waals surface area contributed by atoms with Crippen LogP contribution in [-0.2, 0) is 52.7 Å². The van der Waals surface area contributed by atoms with Gasteiger partial charge in [-0.2, -0.15) is 0 Å². The van der Waals surface area contributed by atoms with Gasteiger partial charge in [-0.25, -0.2) is 19.9 Å². The van der Waals surface area contributed by atoms with Crippen LogP contribution in [0.25, 0.3) is 34.7 Å². The topological polar surface area (TPSA) is 106 Å². The first-order chi connectivity index (χ1) is 21.4. The van der Waals surface area contributed by atoms with Gasteiger partial charge >= 0.3 is 0 Å². The van der Waals surface area contributed by atoms with E-state index in [4.69, 9.17) is 4.74 Å². The van der Waals surface area contributed by atoms with E-state index in [9.17, 15) is 0 Å². The third-order valence-corrected chi connectivity index (χ3v) is 7.18. The molecule has 0 saturated heterocycles. The van der Waals surface area contributed by atoms with Crippen LogP contribution in [0.15, 0.2) is 92.3 Å². The number of rotatable bonds is 9. The second kappa shape index (κ2) is 17.9. The van der Waals surface area contributed by atoms with Crippen LogP contribution in [0.2, 0.25) is 0 Å². The summed E-state index contributed by atoms with van der Waals surface area (Å²) in [6.07, 6.45) is 21.8. The van der Waals surface area contributed by atoms with Crippen molar-refractivity contribution in [3.8, 4) is 34.7 Å². The minimum absolute atomic E-state index is 0. The zero-order valence-corrected chi connectivity index (χ0v) is 29.3. The van der Waals surface area contributed by atoms with E-state index in [-0.39, 0.29) is 19.8 Å². The maximum absolute atomic E-state index is 5.23. The molecule has 6 aromatic rings. The van der Waals surface area contributed by atoms with Gasteiger partial charge in [0.15, 0.2) is 23.3 Å².